The largest absolute Gasteiger partial charge is 0.420 e. The molecule has 0 unspecified atom stereocenters. The van der Waals surface area contributed by atoms with Crippen molar-refractivity contribution in [2.75, 3.05) is 0 Å². The molecule has 0 spiro atoms. The molecule has 0 aliphatic carbocycles. The first kappa shape index (κ1) is 39.8. The molecule has 4 heterocycles. The van der Waals surface area contributed by atoms with Gasteiger partial charge < -0.3 is 18.3 Å². The summed E-state index contributed by atoms with van der Waals surface area (Å²) in [6.07, 6.45) is -4.88. The van der Waals surface area contributed by atoms with Crippen molar-refractivity contribution in [3.8, 4) is 39.9 Å². The number of rotatable bonds is 5. The minimum Gasteiger partial charge on any atom is -0.309 e. The van der Waals surface area contributed by atoms with Crippen LogP contribution in [0, 0.1) is 11.3 Å². The molecule has 0 amide bonds. The summed E-state index contributed by atoms with van der Waals surface area (Å²) in [6.45, 7) is 0. The molecule has 0 atom stereocenters. The predicted molar refractivity (Wildman–Crippen MR) is 279 cm³/mol. The number of halogens is 3. The van der Waals surface area contributed by atoms with Crippen LogP contribution >= 0.6 is 0 Å². The highest BCUT2D eigenvalue weighted by Gasteiger charge is 2.40. The van der Waals surface area contributed by atoms with E-state index in [0.717, 1.165) is 76.5 Å². The van der Waals surface area contributed by atoms with Crippen molar-refractivity contribution in [3.63, 3.8) is 0 Å². The fourth-order valence-electron chi connectivity index (χ4n) is 11.4. The summed E-state index contributed by atoms with van der Waals surface area (Å²) >= 11 is 0. The summed E-state index contributed by atoms with van der Waals surface area (Å²) in [4.78, 5) is 0. The molecular formula is C62H36F3N5. The van der Waals surface area contributed by atoms with Gasteiger partial charge >= 0.3 is 6.18 Å². The van der Waals surface area contributed by atoms with Gasteiger partial charge in [0.05, 0.1) is 67.1 Å². The molecule has 0 saturated heterocycles. The third kappa shape index (κ3) is 5.60. The fourth-order valence-corrected chi connectivity index (χ4v) is 11.4. The predicted octanol–water partition coefficient (Wildman–Crippen LogP) is 16.6. The van der Waals surface area contributed by atoms with Gasteiger partial charge in [0.25, 0.3) is 0 Å². The van der Waals surface area contributed by atoms with E-state index in [1.807, 2.05) is 124 Å². The Bertz CT molecular complexity index is 4270. The molecule has 0 saturated carbocycles. The normalized spacial score (nSPS) is 12.2. The summed E-state index contributed by atoms with van der Waals surface area (Å²) in [5.74, 6) is 0. The molecule has 10 aromatic carbocycles. The van der Waals surface area contributed by atoms with Gasteiger partial charge in [0.2, 0.25) is 0 Å². The second kappa shape index (κ2) is 14.8. The van der Waals surface area contributed by atoms with Gasteiger partial charge in [-0.1, -0.05) is 133 Å². The van der Waals surface area contributed by atoms with Crippen LogP contribution in [0.5, 0.6) is 0 Å². The van der Waals surface area contributed by atoms with E-state index in [9.17, 15) is 5.26 Å². The molecule has 14 aromatic rings. The number of benzene rings is 10. The lowest BCUT2D eigenvalue weighted by Crippen LogP contribution is -2.16. The molecule has 330 valence electrons. The monoisotopic (exact) mass is 907 g/mol. The summed E-state index contributed by atoms with van der Waals surface area (Å²) < 4.78 is 59.9. The smallest absolute Gasteiger partial charge is 0.309 e. The Morgan fingerprint density at radius 1 is 0.343 bits per heavy atom. The van der Waals surface area contributed by atoms with Crippen molar-refractivity contribution >= 4 is 87.2 Å². The number of alkyl halides is 3. The Balaban J connectivity index is 1.21. The van der Waals surface area contributed by atoms with Gasteiger partial charge in [-0.25, -0.2) is 0 Å². The second-order valence-corrected chi connectivity index (χ2v) is 17.9. The van der Waals surface area contributed by atoms with E-state index in [1.54, 1.807) is 30.3 Å². The van der Waals surface area contributed by atoms with E-state index in [2.05, 4.69) is 88.0 Å². The number of nitrogens with zero attached hydrogens (tertiary/aromatic N) is 5. The third-order valence-electron chi connectivity index (χ3n) is 14.2. The molecule has 0 fully saturated rings. The molecule has 14 rings (SSSR count). The number of nitriles is 1. The van der Waals surface area contributed by atoms with Crippen molar-refractivity contribution in [1.82, 2.24) is 18.3 Å². The van der Waals surface area contributed by atoms with Crippen LogP contribution in [0.1, 0.15) is 11.1 Å². The number of hydrogen-bond acceptors (Lipinski definition) is 1. The Morgan fingerprint density at radius 3 is 1.20 bits per heavy atom. The maximum Gasteiger partial charge on any atom is 0.420 e. The van der Waals surface area contributed by atoms with Gasteiger partial charge in [0.1, 0.15) is 5.56 Å². The lowest BCUT2D eigenvalue weighted by atomic mass is 9.97. The average Bonchev–Trinajstić information content (AvgIpc) is 4.13. The third-order valence-corrected chi connectivity index (χ3v) is 14.2. The molecule has 0 radical (unpaired) electrons. The average molecular weight is 908 g/mol. The zero-order valence-corrected chi connectivity index (χ0v) is 37.2. The topological polar surface area (TPSA) is 43.5 Å². The highest BCUT2D eigenvalue weighted by molar-refractivity contribution is 6.28. The first-order valence-electron chi connectivity index (χ1n) is 23.2. The summed E-state index contributed by atoms with van der Waals surface area (Å²) in [6, 6.07) is 72.9. The molecule has 0 aliphatic heterocycles. The quantitative estimate of drug-likeness (QED) is 0.170. The number of hydrogen-bond donors (Lipinski definition) is 0. The van der Waals surface area contributed by atoms with Crippen LogP contribution in [-0.4, -0.2) is 18.3 Å². The highest BCUT2D eigenvalue weighted by Crippen LogP contribution is 2.50. The van der Waals surface area contributed by atoms with E-state index in [0.29, 0.717) is 38.8 Å². The van der Waals surface area contributed by atoms with E-state index in [1.165, 1.54) is 0 Å². The lowest BCUT2D eigenvalue weighted by Gasteiger charge is -2.23. The molecule has 0 N–H and O–H groups in total. The Hall–Kier alpha value is -9.32. The second-order valence-electron chi connectivity index (χ2n) is 17.9. The van der Waals surface area contributed by atoms with Crippen LogP contribution in [0.2, 0.25) is 0 Å². The van der Waals surface area contributed by atoms with Gasteiger partial charge in [-0.15, -0.1) is 0 Å². The SMILES string of the molecule is N#Cc1cccc(-c2cc(-n3c4ccccc4c4ccc5c(c6ccccc6n5-c5ccccc5)c43)c(C(F)(F)F)c(-n3c4ccccc4c4ccc5c(c6ccccc6n5-c5ccccc5)c43)c2)c1. The molecule has 5 nitrogen and oxygen atoms in total. The molecular weight excluding hydrogens is 872 g/mol. The van der Waals surface area contributed by atoms with Crippen molar-refractivity contribution in [1.29, 1.82) is 5.26 Å². The summed E-state index contributed by atoms with van der Waals surface area (Å²) in [5, 5.41) is 17.0. The van der Waals surface area contributed by atoms with Crippen molar-refractivity contribution in [3.05, 3.63) is 230 Å². The van der Waals surface area contributed by atoms with Gasteiger partial charge in [-0.2, -0.15) is 18.4 Å². The van der Waals surface area contributed by atoms with Crippen LogP contribution in [0.15, 0.2) is 218 Å². The van der Waals surface area contributed by atoms with Crippen LogP contribution in [0.3, 0.4) is 0 Å². The Labute approximate surface area is 397 Å². The van der Waals surface area contributed by atoms with Crippen molar-refractivity contribution < 1.29 is 13.2 Å². The minimum atomic E-state index is -4.88. The lowest BCUT2D eigenvalue weighted by molar-refractivity contribution is -0.137. The fraction of sp³-hybridized carbons (Fsp3) is 0.0161. The number of fused-ring (bicyclic) bond motifs is 14. The van der Waals surface area contributed by atoms with Crippen LogP contribution < -0.4 is 0 Å². The summed E-state index contributed by atoms with van der Waals surface area (Å²) in [5.41, 5.74) is 8.83. The van der Waals surface area contributed by atoms with E-state index >= 15 is 13.2 Å². The van der Waals surface area contributed by atoms with E-state index < -0.39 is 11.7 Å². The maximum absolute atomic E-state index is 17.3. The first-order valence-corrected chi connectivity index (χ1v) is 23.2. The van der Waals surface area contributed by atoms with Crippen molar-refractivity contribution in [2.45, 2.75) is 6.18 Å². The summed E-state index contributed by atoms with van der Waals surface area (Å²) in [7, 11) is 0. The highest BCUT2D eigenvalue weighted by atomic mass is 19.4. The molecule has 0 bridgehead atoms. The van der Waals surface area contributed by atoms with Gasteiger partial charge in [-0.05, 0) is 96.1 Å². The number of para-hydroxylation sites is 6. The van der Waals surface area contributed by atoms with Crippen LogP contribution in [0.4, 0.5) is 13.2 Å². The Morgan fingerprint density at radius 2 is 0.757 bits per heavy atom. The van der Waals surface area contributed by atoms with E-state index in [-0.39, 0.29) is 11.4 Å². The minimum absolute atomic E-state index is 0.0255. The van der Waals surface area contributed by atoms with Gasteiger partial charge in [0.15, 0.2) is 0 Å². The first-order chi connectivity index (χ1) is 34.4. The Kier molecular flexibility index (Phi) is 8.44. The molecule has 4 aromatic heterocycles. The number of aromatic nitrogens is 4. The zero-order chi connectivity index (χ0) is 46.8. The molecule has 70 heavy (non-hydrogen) atoms. The van der Waals surface area contributed by atoms with Gasteiger partial charge in [-0.3, -0.25) is 0 Å². The van der Waals surface area contributed by atoms with Crippen LogP contribution in [0.25, 0.3) is 121 Å². The molecule has 8 heteroatoms. The standard InChI is InChI=1S/C62H36F3N5/c63-62(64,65)59-55(69-49-26-11-7-22-43(49)45-30-32-53-57(60(45)69)47-24-9-13-28-51(47)67(53)41-18-3-1-4-19-41)35-40(39-17-15-16-38(34-39)37-66)36-56(59)70-50-27-12-8-23-44(50)46-31-33-54-58(61(46)70)48-25-10-14-29-52(48)68(54)42-20-5-2-6-21-42/h1-36H. The molecule has 0 aliphatic rings. The van der Waals surface area contributed by atoms with Gasteiger partial charge in [0, 0.05) is 54.5 Å². The zero-order valence-electron chi connectivity index (χ0n) is 37.2. The van der Waals surface area contributed by atoms with Crippen LogP contribution in [-0.2, 0) is 6.18 Å². The van der Waals surface area contributed by atoms with Crippen molar-refractivity contribution in [2.24, 2.45) is 0 Å². The van der Waals surface area contributed by atoms with E-state index in [4.69, 9.17) is 0 Å². The maximum atomic E-state index is 17.3.